The van der Waals surface area contributed by atoms with Crippen LogP contribution in [0.1, 0.15) is 28.5 Å². The van der Waals surface area contributed by atoms with E-state index in [-0.39, 0.29) is 17.8 Å². The highest BCUT2D eigenvalue weighted by Gasteiger charge is 2.26. The van der Waals surface area contributed by atoms with E-state index in [0.29, 0.717) is 21.5 Å². The summed E-state index contributed by atoms with van der Waals surface area (Å²) in [6.07, 6.45) is 2.31. The number of nitrogens with zero attached hydrogens (tertiary/aromatic N) is 1. The van der Waals surface area contributed by atoms with Gasteiger partial charge in [-0.25, -0.2) is 9.63 Å². The van der Waals surface area contributed by atoms with Gasteiger partial charge < -0.3 is 14.7 Å². The molecule has 0 aliphatic rings. The number of H-pyrrole nitrogens is 1. The Labute approximate surface area is 189 Å². The Morgan fingerprint density at radius 2 is 2.03 bits per heavy atom. The zero-order valence-corrected chi connectivity index (χ0v) is 18.4. The molecule has 32 heavy (non-hydrogen) atoms. The molecule has 0 atom stereocenters. The fraction of sp³-hybridized carbons (Fsp3) is 0.167. The third kappa shape index (κ3) is 3.93. The highest BCUT2D eigenvalue weighted by atomic mass is 35.5. The maximum atomic E-state index is 12.6. The first kappa shape index (κ1) is 21.8. The number of aromatic carboxylic acids is 1. The van der Waals surface area contributed by atoms with Crippen LogP contribution in [-0.2, 0) is 17.8 Å². The summed E-state index contributed by atoms with van der Waals surface area (Å²) < 4.78 is 1.71. The third-order valence-electron chi connectivity index (χ3n) is 5.48. The van der Waals surface area contributed by atoms with Crippen LogP contribution in [0.3, 0.4) is 0 Å². The second-order valence-electron chi connectivity index (χ2n) is 7.44. The summed E-state index contributed by atoms with van der Waals surface area (Å²) in [5.41, 5.74) is 5.33. The molecular weight excluding hydrogens is 430 g/mol. The molecule has 4 aromatic rings. The maximum Gasteiger partial charge on any atom is 0.353 e. The highest BCUT2D eigenvalue weighted by molar-refractivity contribution is 6.31. The van der Waals surface area contributed by atoms with E-state index in [1.807, 2.05) is 37.3 Å². The number of nitrogens with two attached hydrogens (primary N) is 1. The summed E-state index contributed by atoms with van der Waals surface area (Å²) in [5.74, 6) is -1.12. The van der Waals surface area contributed by atoms with Crippen molar-refractivity contribution in [1.82, 2.24) is 9.55 Å². The van der Waals surface area contributed by atoms with Gasteiger partial charge in [-0.15, -0.1) is 0 Å². The van der Waals surface area contributed by atoms with Crippen LogP contribution < -0.4 is 11.0 Å². The lowest BCUT2D eigenvalue weighted by Gasteiger charge is -2.11. The number of aromatic nitrogens is 2. The Hall–Kier alpha value is -3.39. The minimum Gasteiger partial charge on any atom is -0.477 e. The van der Waals surface area contributed by atoms with Crippen LogP contribution >= 0.6 is 11.6 Å². The lowest BCUT2D eigenvalue weighted by molar-refractivity contribution is -0.830. The van der Waals surface area contributed by atoms with Gasteiger partial charge in [0.25, 0.3) is 5.56 Å². The number of aryl methyl sites for hydroxylation is 1. The number of pyridine rings is 1. The first-order valence-corrected chi connectivity index (χ1v) is 10.5. The Morgan fingerprint density at radius 1 is 1.22 bits per heavy atom. The molecule has 164 valence electrons. The van der Waals surface area contributed by atoms with E-state index >= 15 is 0 Å². The number of nitrogens with one attached hydrogen (secondary N) is 1. The van der Waals surface area contributed by atoms with Crippen molar-refractivity contribution >= 4 is 34.2 Å². The summed E-state index contributed by atoms with van der Waals surface area (Å²) >= 11 is 6.46. The number of benzene rings is 2. The van der Waals surface area contributed by atoms with Gasteiger partial charge in [0.2, 0.25) is 0 Å². The molecule has 7 nitrogen and oxygen atoms in total. The number of aromatic amines is 1. The highest BCUT2D eigenvalue weighted by Crippen LogP contribution is 2.35. The molecule has 0 unspecified atom stereocenters. The number of halogens is 1. The molecule has 0 bridgehead atoms. The SMILES string of the molecule is CCc1ccc2c(c1)c(-c1ccc[nH]c1=O)c(C(=O)O)n2Cc1cc([NH2+]OC)ccc1Cl. The van der Waals surface area contributed by atoms with Gasteiger partial charge in [0, 0.05) is 45.4 Å². The summed E-state index contributed by atoms with van der Waals surface area (Å²) in [6, 6.07) is 14.6. The molecule has 0 saturated carbocycles. The summed E-state index contributed by atoms with van der Waals surface area (Å²) in [6.45, 7) is 2.25. The number of hydrogen-bond acceptors (Lipinski definition) is 3. The molecule has 0 spiro atoms. The predicted molar refractivity (Wildman–Crippen MR) is 123 cm³/mol. The number of rotatable bonds is 7. The standard InChI is InChI=1S/C24H22ClN3O4/c1-3-14-6-9-20-18(11-14)21(17-5-4-10-26-23(17)29)22(24(30)31)28(20)13-15-12-16(27-32-2)7-8-19(15)25/h4-12,27H,3,13H2,1-2H3,(H,26,29)(H,30,31)/p+1. The molecule has 8 heteroatoms. The maximum absolute atomic E-state index is 12.6. The van der Waals surface area contributed by atoms with Gasteiger partial charge in [-0.1, -0.05) is 24.6 Å². The summed E-state index contributed by atoms with van der Waals surface area (Å²) in [4.78, 5) is 32.9. The van der Waals surface area contributed by atoms with E-state index in [1.54, 1.807) is 35.4 Å². The topological polar surface area (TPSA) is 101 Å². The van der Waals surface area contributed by atoms with E-state index < -0.39 is 5.97 Å². The van der Waals surface area contributed by atoms with Crippen LogP contribution in [0.5, 0.6) is 0 Å². The number of quaternary nitrogens is 1. The van der Waals surface area contributed by atoms with Gasteiger partial charge >= 0.3 is 5.97 Å². The molecule has 4 N–H and O–H groups in total. The average molecular weight is 453 g/mol. The van der Waals surface area contributed by atoms with Gasteiger partial charge in [-0.2, -0.15) is 5.48 Å². The van der Waals surface area contributed by atoms with Gasteiger partial charge in [0.1, 0.15) is 5.69 Å². The Bertz CT molecular complexity index is 1370. The molecule has 0 fully saturated rings. The molecule has 2 heterocycles. The second-order valence-corrected chi connectivity index (χ2v) is 7.84. The summed E-state index contributed by atoms with van der Waals surface area (Å²) in [7, 11) is 1.56. The van der Waals surface area contributed by atoms with Gasteiger partial charge in [-0.05, 0) is 47.9 Å². The van der Waals surface area contributed by atoms with Crippen molar-refractivity contribution in [2.24, 2.45) is 0 Å². The molecule has 2 aromatic carbocycles. The minimum absolute atomic E-state index is 0.0437. The van der Waals surface area contributed by atoms with Crippen LogP contribution in [0.15, 0.2) is 59.5 Å². The number of hydrogen-bond donors (Lipinski definition) is 3. The van der Waals surface area contributed by atoms with Crippen molar-refractivity contribution in [2.45, 2.75) is 19.9 Å². The molecular formula is C24H23ClN3O4+. The number of carbonyl (C=O) groups is 1. The van der Waals surface area contributed by atoms with E-state index in [4.69, 9.17) is 16.4 Å². The zero-order chi connectivity index (χ0) is 22.8. The predicted octanol–water partition coefficient (Wildman–Crippen LogP) is 3.72. The van der Waals surface area contributed by atoms with Crippen molar-refractivity contribution in [2.75, 3.05) is 7.11 Å². The summed E-state index contributed by atoms with van der Waals surface area (Å²) in [5, 5.41) is 11.5. The van der Waals surface area contributed by atoms with Crippen LogP contribution in [0, 0.1) is 0 Å². The van der Waals surface area contributed by atoms with E-state index in [0.717, 1.165) is 28.8 Å². The largest absolute Gasteiger partial charge is 0.477 e. The van der Waals surface area contributed by atoms with Crippen molar-refractivity contribution in [3.8, 4) is 11.1 Å². The fourth-order valence-corrected chi connectivity index (χ4v) is 4.17. The van der Waals surface area contributed by atoms with Crippen molar-refractivity contribution in [1.29, 1.82) is 0 Å². The molecule has 0 aliphatic carbocycles. The van der Waals surface area contributed by atoms with Gasteiger partial charge in [0.15, 0.2) is 5.69 Å². The number of carboxylic acid groups (broad SMARTS) is 1. The van der Waals surface area contributed by atoms with Gasteiger partial charge in [-0.3, -0.25) is 4.79 Å². The van der Waals surface area contributed by atoms with Crippen molar-refractivity contribution < 1.29 is 20.2 Å². The number of fused-ring (bicyclic) bond motifs is 1. The quantitative estimate of drug-likeness (QED) is 0.294. The van der Waals surface area contributed by atoms with Crippen molar-refractivity contribution in [3.63, 3.8) is 0 Å². The lowest BCUT2D eigenvalue weighted by atomic mass is 10.0. The van der Waals surface area contributed by atoms with Crippen LogP contribution in [0.2, 0.25) is 5.02 Å². The molecule has 0 saturated heterocycles. The number of carboxylic acids is 1. The molecule has 0 radical (unpaired) electrons. The third-order valence-corrected chi connectivity index (χ3v) is 5.85. The fourth-order valence-electron chi connectivity index (χ4n) is 3.99. The Morgan fingerprint density at radius 3 is 2.72 bits per heavy atom. The zero-order valence-electron chi connectivity index (χ0n) is 17.7. The minimum atomic E-state index is -1.12. The van der Waals surface area contributed by atoms with E-state index in [9.17, 15) is 14.7 Å². The monoisotopic (exact) mass is 452 g/mol. The van der Waals surface area contributed by atoms with Crippen LogP contribution in [-0.4, -0.2) is 27.7 Å². The average Bonchev–Trinajstić information content (AvgIpc) is 3.10. The Balaban J connectivity index is 2.03. The van der Waals surface area contributed by atoms with E-state index in [1.165, 1.54) is 6.20 Å². The lowest BCUT2D eigenvalue weighted by Crippen LogP contribution is -2.75. The van der Waals surface area contributed by atoms with Gasteiger partial charge in [0.05, 0.1) is 13.7 Å². The second kappa shape index (κ2) is 9.00. The normalized spacial score (nSPS) is 11.2. The van der Waals surface area contributed by atoms with E-state index in [2.05, 4.69) is 4.98 Å². The molecule has 2 aromatic heterocycles. The smallest absolute Gasteiger partial charge is 0.353 e. The Kier molecular flexibility index (Phi) is 6.14. The first-order valence-electron chi connectivity index (χ1n) is 10.2. The molecule has 0 aliphatic heterocycles. The van der Waals surface area contributed by atoms with Crippen molar-refractivity contribution in [3.05, 3.63) is 86.9 Å². The molecule has 4 rings (SSSR count). The van der Waals surface area contributed by atoms with Crippen LogP contribution in [0.25, 0.3) is 22.0 Å². The first-order chi connectivity index (χ1) is 15.4. The van der Waals surface area contributed by atoms with Crippen LogP contribution in [0.4, 0.5) is 5.69 Å². The molecule has 0 amide bonds.